The molecule has 0 aromatic heterocycles. The average molecular weight is 198 g/mol. The van der Waals surface area contributed by atoms with Gasteiger partial charge < -0.3 is 0 Å². The van der Waals surface area contributed by atoms with Gasteiger partial charge in [-0.1, -0.05) is 62.8 Å². The molecule has 0 radical (unpaired) electrons. The summed E-state index contributed by atoms with van der Waals surface area (Å²) in [5.41, 5.74) is 2.38. The van der Waals surface area contributed by atoms with Crippen molar-refractivity contribution in [3.05, 3.63) is 23.6 Å². The lowest BCUT2D eigenvalue weighted by molar-refractivity contribution is 1.66. The van der Waals surface area contributed by atoms with Crippen molar-refractivity contribution in [1.82, 2.24) is 0 Å². The maximum absolute atomic E-state index is 4.13. The maximum atomic E-state index is 4.13. The lowest BCUT2D eigenvalue weighted by Crippen LogP contribution is -2.23. The summed E-state index contributed by atoms with van der Waals surface area (Å²) in [6, 6.07) is 0. The molecule has 0 aliphatic rings. The molecule has 0 rings (SSSR count). The van der Waals surface area contributed by atoms with E-state index in [0.717, 1.165) is 0 Å². The summed E-state index contributed by atoms with van der Waals surface area (Å²) in [5.74, 6) is 0. The van der Waals surface area contributed by atoms with E-state index in [2.05, 4.69) is 57.6 Å². The van der Waals surface area contributed by atoms with Crippen molar-refractivity contribution < 1.29 is 0 Å². The second-order valence-electron chi connectivity index (χ2n) is 5.47. The van der Waals surface area contributed by atoms with Crippen molar-refractivity contribution in [2.45, 2.75) is 39.3 Å². The first-order chi connectivity index (χ1) is 5.13. The molecule has 0 aromatic carbocycles. The fourth-order valence-electron chi connectivity index (χ4n) is 0.601. The SMILES string of the molecule is C=C(/C=C/[Si](C)(C)C)[Si](C)(C)C. The summed E-state index contributed by atoms with van der Waals surface area (Å²) in [6.45, 7) is 18.2. The van der Waals surface area contributed by atoms with Crippen LogP contribution in [0, 0.1) is 0 Å². The smallest absolute Gasteiger partial charge is 0.0767 e. The van der Waals surface area contributed by atoms with Crippen LogP contribution in [0.15, 0.2) is 23.6 Å². The zero-order valence-electron chi connectivity index (χ0n) is 9.36. The van der Waals surface area contributed by atoms with Gasteiger partial charge in [0, 0.05) is 0 Å². The first-order valence-electron chi connectivity index (χ1n) is 4.51. The van der Waals surface area contributed by atoms with E-state index in [9.17, 15) is 0 Å². The molecule has 0 aromatic rings. The molecule has 2 heteroatoms. The molecule has 0 aliphatic heterocycles. The predicted octanol–water partition coefficient (Wildman–Crippen LogP) is 3.85. The van der Waals surface area contributed by atoms with Crippen LogP contribution in [0.2, 0.25) is 39.3 Å². The third-order valence-corrected chi connectivity index (χ3v) is 5.01. The third kappa shape index (κ3) is 5.55. The summed E-state index contributed by atoms with van der Waals surface area (Å²) in [7, 11) is -2.14. The number of hydrogen-bond acceptors (Lipinski definition) is 0. The van der Waals surface area contributed by atoms with E-state index < -0.39 is 16.1 Å². The molecule has 0 unspecified atom stereocenters. The highest BCUT2D eigenvalue weighted by atomic mass is 28.3. The normalized spacial score (nSPS) is 13.8. The summed E-state index contributed by atoms with van der Waals surface area (Å²) < 4.78 is 0. The van der Waals surface area contributed by atoms with Crippen LogP contribution in [-0.4, -0.2) is 16.1 Å². The molecule has 0 spiro atoms. The van der Waals surface area contributed by atoms with Gasteiger partial charge in [-0.05, 0) is 0 Å². The minimum atomic E-state index is -1.12. The van der Waals surface area contributed by atoms with Gasteiger partial charge in [0.05, 0.1) is 16.1 Å². The summed E-state index contributed by atoms with van der Waals surface area (Å²) >= 11 is 0. The van der Waals surface area contributed by atoms with Gasteiger partial charge in [-0.25, -0.2) is 0 Å². The highest BCUT2D eigenvalue weighted by Crippen LogP contribution is 2.15. The summed E-state index contributed by atoms with van der Waals surface area (Å²) in [5, 5.41) is 1.37. The van der Waals surface area contributed by atoms with Gasteiger partial charge >= 0.3 is 0 Å². The minimum absolute atomic E-state index is 1.02. The second kappa shape index (κ2) is 3.75. The van der Waals surface area contributed by atoms with Gasteiger partial charge in [-0.3, -0.25) is 0 Å². The number of allylic oxidation sites excluding steroid dienone is 2. The Morgan fingerprint density at radius 2 is 1.42 bits per heavy atom. The fraction of sp³-hybridized carbons (Fsp3) is 0.600. The van der Waals surface area contributed by atoms with Gasteiger partial charge in [0.2, 0.25) is 0 Å². The Morgan fingerprint density at radius 1 is 1.00 bits per heavy atom. The molecular weight excluding hydrogens is 176 g/mol. The predicted molar refractivity (Wildman–Crippen MR) is 65.0 cm³/mol. The van der Waals surface area contributed by atoms with Crippen molar-refractivity contribution in [3.63, 3.8) is 0 Å². The molecule has 0 N–H and O–H groups in total. The van der Waals surface area contributed by atoms with Gasteiger partial charge in [0.15, 0.2) is 0 Å². The second-order valence-corrected chi connectivity index (χ2v) is 15.7. The zero-order valence-corrected chi connectivity index (χ0v) is 11.4. The topological polar surface area (TPSA) is 0 Å². The minimum Gasteiger partial charge on any atom is -0.0998 e. The van der Waals surface area contributed by atoms with Crippen LogP contribution in [0.5, 0.6) is 0 Å². The molecule has 0 bridgehead atoms. The van der Waals surface area contributed by atoms with Crippen LogP contribution in [0.3, 0.4) is 0 Å². The van der Waals surface area contributed by atoms with Crippen molar-refractivity contribution >= 4 is 16.1 Å². The van der Waals surface area contributed by atoms with Crippen molar-refractivity contribution in [2.75, 3.05) is 0 Å². The fourth-order valence-corrected chi connectivity index (χ4v) is 2.05. The van der Waals surface area contributed by atoms with Gasteiger partial charge in [-0.2, -0.15) is 0 Å². The number of rotatable bonds is 3. The van der Waals surface area contributed by atoms with E-state index in [1.807, 2.05) is 0 Å². The third-order valence-electron chi connectivity index (χ3n) is 1.75. The molecular formula is C10H22Si2. The van der Waals surface area contributed by atoms with Crippen LogP contribution >= 0.6 is 0 Å². The van der Waals surface area contributed by atoms with E-state index in [1.54, 1.807) is 0 Å². The maximum Gasteiger partial charge on any atom is 0.0767 e. The molecule has 70 valence electrons. The molecule has 0 amide bonds. The van der Waals surface area contributed by atoms with E-state index in [4.69, 9.17) is 0 Å². The van der Waals surface area contributed by atoms with E-state index in [1.165, 1.54) is 5.20 Å². The van der Waals surface area contributed by atoms with Crippen LogP contribution in [0.25, 0.3) is 0 Å². The Morgan fingerprint density at radius 3 is 1.67 bits per heavy atom. The van der Waals surface area contributed by atoms with Gasteiger partial charge in [-0.15, -0.1) is 0 Å². The van der Waals surface area contributed by atoms with E-state index >= 15 is 0 Å². The quantitative estimate of drug-likeness (QED) is 0.477. The Hall–Kier alpha value is -0.0862. The van der Waals surface area contributed by atoms with Crippen LogP contribution < -0.4 is 0 Å². The molecule has 0 heterocycles. The zero-order chi connectivity index (χ0) is 9.99. The van der Waals surface area contributed by atoms with Gasteiger partial charge in [0.25, 0.3) is 0 Å². The largest absolute Gasteiger partial charge is 0.0998 e. The average Bonchev–Trinajstić information content (AvgIpc) is 1.78. The Balaban J connectivity index is 4.30. The molecule has 0 atom stereocenters. The molecule has 0 saturated heterocycles. The summed E-state index contributed by atoms with van der Waals surface area (Å²) in [6.07, 6.45) is 2.26. The Bertz CT molecular complexity index is 189. The Kier molecular flexibility index (Phi) is 3.72. The van der Waals surface area contributed by atoms with Crippen molar-refractivity contribution in [3.8, 4) is 0 Å². The molecule has 0 fully saturated rings. The molecule has 12 heavy (non-hydrogen) atoms. The monoisotopic (exact) mass is 198 g/mol. The van der Waals surface area contributed by atoms with E-state index in [-0.39, 0.29) is 0 Å². The lowest BCUT2D eigenvalue weighted by Gasteiger charge is -2.17. The first-order valence-corrected chi connectivity index (χ1v) is 11.6. The van der Waals surface area contributed by atoms with Crippen LogP contribution in [0.4, 0.5) is 0 Å². The lowest BCUT2D eigenvalue weighted by atomic mass is 10.6. The molecule has 0 saturated carbocycles. The first kappa shape index (κ1) is 11.9. The highest BCUT2D eigenvalue weighted by Gasteiger charge is 2.16. The standard InChI is InChI=1S/C10H22Si2/c1-10(12(5,6)7)8-9-11(2,3)4/h8-9H,1H2,2-7H3/b9-8+. The number of hydrogen-bond donors (Lipinski definition) is 0. The molecule has 0 nitrogen and oxygen atoms in total. The van der Waals surface area contributed by atoms with Gasteiger partial charge in [0.1, 0.15) is 0 Å². The van der Waals surface area contributed by atoms with Crippen molar-refractivity contribution in [1.29, 1.82) is 0 Å². The van der Waals surface area contributed by atoms with Crippen molar-refractivity contribution in [2.24, 2.45) is 0 Å². The highest BCUT2D eigenvalue weighted by molar-refractivity contribution is 6.84. The van der Waals surface area contributed by atoms with E-state index in [0.29, 0.717) is 0 Å². The van der Waals surface area contributed by atoms with Crippen LogP contribution in [-0.2, 0) is 0 Å². The summed E-state index contributed by atoms with van der Waals surface area (Å²) in [4.78, 5) is 0. The Labute approximate surface area is 79.4 Å². The van der Waals surface area contributed by atoms with Crippen LogP contribution in [0.1, 0.15) is 0 Å². The molecule has 0 aliphatic carbocycles.